The summed E-state index contributed by atoms with van der Waals surface area (Å²) in [6, 6.07) is 21.3. The molecule has 5 aromatic rings. The van der Waals surface area contributed by atoms with Crippen LogP contribution in [-0.2, 0) is 0 Å². The second-order valence-corrected chi connectivity index (χ2v) is 11.2. The van der Waals surface area contributed by atoms with Crippen LogP contribution in [0.3, 0.4) is 0 Å². The lowest BCUT2D eigenvalue weighted by atomic mass is 9.98. The van der Waals surface area contributed by atoms with E-state index in [1.54, 1.807) is 18.3 Å². The van der Waals surface area contributed by atoms with E-state index in [9.17, 15) is 11.0 Å². The lowest BCUT2D eigenvalue weighted by Crippen LogP contribution is -2.14. The Morgan fingerprint density at radius 3 is 2.52 bits per heavy atom. The number of nitrogens with zero attached hydrogens (tertiary/aromatic N) is 5. The molecule has 2 unspecified atom stereocenters. The van der Waals surface area contributed by atoms with Crippen molar-refractivity contribution < 1.29 is 5.76 Å². The molecule has 2 atom stereocenters. The van der Waals surface area contributed by atoms with E-state index in [0.29, 0.717) is 34.5 Å². The Morgan fingerprint density at radius 2 is 1.83 bits per heavy atom. The zero-order valence-electron chi connectivity index (χ0n) is 24.4. The molecule has 8 heteroatoms. The van der Waals surface area contributed by atoms with Crippen LogP contribution in [0.4, 0.5) is 15.8 Å². The van der Waals surface area contributed by atoms with E-state index < -0.39 is 6.02 Å². The van der Waals surface area contributed by atoms with E-state index >= 15 is 0 Å². The minimum absolute atomic E-state index is 0.00756. The van der Waals surface area contributed by atoms with Crippen LogP contribution in [0.25, 0.3) is 10.9 Å². The summed E-state index contributed by atoms with van der Waals surface area (Å²) in [5.74, 6) is -0.0143. The molecule has 2 fully saturated rings. The second-order valence-electron chi connectivity index (χ2n) is 11.2. The van der Waals surface area contributed by atoms with Crippen molar-refractivity contribution in [3.05, 3.63) is 113 Å². The molecule has 7 nitrogen and oxygen atoms in total. The number of fused-ring (bicyclic) bond motifs is 1. The van der Waals surface area contributed by atoms with Crippen molar-refractivity contribution in [3.8, 4) is 6.07 Å². The van der Waals surface area contributed by atoms with E-state index in [1.165, 1.54) is 12.1 Å². The summed E-state index contributed by atoms with van der Waals surface area (Å²) in [6.45, 7) is 2.12. The molecule has 0 saturated heterocycles. The van der Waals surface area contributed by atoms with Gasteiger partial charge in [-0.3, -0.25) is 4.98 Å². The highest BCUT2D eigenvalue weighted by Gasteiger charge is 2.30. The maximum absolute atomic E-state index is 14.0. The van der Waals surface area contributed by atoms with Crippen molar-refractivity contribution in [3.63, 3.8) is 0 Å². The van der Waals surface area contributed by atoms with Gasteiger partial charge in [0.05, 0.1) is 42.4 Å². The number of pyridine rings is 1. The van der Waals surface area contributed by atoms with Crippen LogP contribution >= 0.6 is 0 Å². The lowest BCUT2D eigenvalue weighted by Gasteiger charge is -2.23. The van der Waals surface area contributed by atoms with E-state index in [-0.39, 0.29) is 11.9 Å². The third-order valence-electron chi connectivity index (χ3n) is 8.16. The van der Waals surface area contributed by atoms with E-state index in [4.69, 9.17) is 4.98 Å². The number of rotatable bonds is 10. The number of benzene rings is 3. The van der Waals surface area contributed by atoms with E-state index in [1.807, 2.05) is 35.1 Å². The molecule has 2 saturated carbocycles. The van der Waals surface area contributed by atoms with Gasteiger partial charge in [0.25, 0.3) is 0 Å². The fourth-order valence-electron chi connectivity index (χ4n) is 5.58. The fourth-order valence-corrected chi connectivity index (χ4v) is 5.58. The first-order valence-electron chi connectivity index (χ1n) is 15.1. The van der Waals surface area contributed by atoms with E-state index in [0.717, 1.165) is 59.8 Å². The second kappa shape index (κ2) is 10.9. The first-order chi connectivity index (χ1) is 21.0. The number of anilines is 2. The molecule has 2 heterocycles. The van der Waals surface area contributed by atoms with Crippen LogP contribution in [0.15, 0.2) is 79.1 Å². The number of hydrogen-bond donors (Lipinski definition) is 2. The minimum atomic E-state index is -1.54. The van der Waals surface area contributed by atoms with E-state index in [2.05, 4.69) is 52.1 Å². The van der Waals surface area contributed by atoms with Crippen LogP contribution in [0, 0.1) is 17.1 Å². The lowest BCUT2D eigenvalue weighted by molar-refractivity contribution is 0.610. The third-order valence-corrected chi connectivity index (χ3v) is 8.16. The van der Waals surface area contributed by atoms with Crippen molar-refractivity contribution in [1.29, 1.82) is 5.26 Å². The van der Waals surface area contributed by atoms with Crippen molar-refractivity contribution in [1.82, 2.24) is 20.0 Å². The van der Waals surface area contributed by atoms with Gasteiger partial charge < -0.3 is 10.6 Å². The standard InChI is InChI=1S/C34H32FN7/c1-2-30(22-6-4-3-5-7-22)39-32-24(18-36)19-37-34-28(21-8-9-21)16-26(17-29(32)34)38-33(23-10-12-25(35)13-11-23)31-20-42(41-40-31)27-14-15-27/h3-7,10-13,16-17,19-21,27,30,33,38H,2,8-9,14-15H2,1H3,(H,37,39)/i33D. The Hall–Kier alpha value is -4.77. The smallest absolute Gasteiger partial charge is 0.123 e. The van der Waals surface area contributed by atoms with Gasteiger partial charge in [0.15, 0.2) is 0 Å². The van der Waals surface area contributed by atoms with Crippen LogP contribution in [0.2, 0.25) is 0 Å². The SMILES string of the molecule is [2H]C(Nc1cc(C2CC2)c2ncc(C#N)c(NC(CC)c3ccccc3)c2c1)(c1ccc(F)cc1)c1cn(C2CC2)nn1. The normalized spacial score (nSPS) is 17.2. The molecule has 2 aliphatic carbocycles. The number of nitrogens with one attached hydrogen (secondary N) is 2. The molecule has 2 N–H and O–H groups in total. The van der Waals surface area contributed by atoms with Crippen molar-refractivity contribution in [2.75, 3.05) is 10.6 Å². The fraction of sp³-hybridized carbons (Fsp3) is 0.294. The van der Waals surface area contributed by atoms with Crippen molar-refractivity contribution in [2.45, 2.75) is 63.0 Å². The number of nitriles is 1. The van der Waals surface area contributed by atoms with Gasteiger partial charge in [-0.15, -0.1) is 5.10 Å². The maximum atomic E-state index is 14.0. The zero-order chi connectivity index (χ0) is 29.6. The average Bonchev–Trinajstić information content (AvgIpc) is 3.98. The molecule has 2 aliphatic rings. The first kappa shape index (κ1) is 25.0. The Balaban J connectivity index is 1.37. The highest BCUT2D eigenvalue weighted by molar-refractivity contribution is 5.98. The largest absolute Gasteiger partial charge is 0.377 e. The predicted octanol–water partition coefficient (Wildman–Crippen LogP) is 7.81. The molecule has 0 amide bonds. The molecule has 0 aliphatic heterocycles. The Kier molecular flexibility index (Phi) is 6.48. The summed E-state index contributed by atoms with van der Waals surface area (Å²) in [7, 11) is 0. The maximum Gasteiger partial charge on any atom is 0.123 e. The quantitative estimate of drug-likeness (QED) is 0.182. The van der Waals surface area contributed by atoms with Crippen LogP contribution in [0.1, 0.15) is 92.4 Å². The van der Waals surface area contributed by atoms with Gasteiger partial charge in [-0.1, -0.05) is 54.6 Å². The molecule has 7 rings (SSSR count). The summed E-state index contributed by atoms with van der Waals surface area (Å²) in [5, 5.41) is 26.8. The van der Waals surface area contributed by atoms with Gasteiger partial charge in [0, 0.05) is 17.3 Å². The Bertz CT molecular complexity index is 1820. The van der Waals surface area contributed by atoms with Gasteiger partial charge in [-0.25, -0.2) is 9.07 Å². The highest BCUT2D eigenvalue weighted by atomic mass is 19.1. The summed E-state index contributed by atoms with van der Waals surface area (Å²) in [4.78, 5) is 4.77. The Labute approximate surface area is 245 Å². The van der Waals surface area contributed by atoms with Gasteiger partial charge in [-0.2, -0.15) is 5.26 Å². The molecule has 2 aromatic heterocycles. The van der Waals surface area contributed by atoms with Gasteiger partial charge in [-0.05, 0) is 79.0 Å². The van der Waals surface area contributed by atoms with Crippen molar-refractivity contribution in [2.24, 2.45) is 0 Å². The number of halogens is 1. The first-order valence-corrected chi connectivity index (χ1v) is 14.6. The zero-order valence-corrected chi connectivity index (χ0v) is 23.4. The summed E-state index contributed by atoms with van der Waals surface area (Å²) in [6.07, 6.45) is 8.50. The summed E-state index contributed by atoms with van der Waals surface area (Å²) in [5.41, 5.74) is 5.93. The van der Waals surface area contributed by atoms with Gasteiger partial charge in [0.1, 0.15) is 17.6 Å². The summed E-state index contributed by atoms with van der Waals surface area (Å²) >= 11 is 0. The van der Waals surface area contributed by atoms with Crippen LogP contribution in [0.5, 0.6) is 0 Å². The monoisotopic (exact) mass is 558 g/mol. The van der Waals surface area contributed by atoms with Gasteiger partial charge >= 0.3 is 0 Å². The molecular weight excluding hydrogens is 525 g/mol. The summed E-state index contributed by atoms with van der Waals surface area (Å²) < 4.78 is 25.5. The van der Waals surface area contributed by atoms with Crippen LogP contribution < -0.4 is 10.6 Å². The predicted molar refractivity (Wildman–Crippen MR) is 162 cm³/mol. The molecule has 0 spiro atoms. The molecule has 3 aromatic carbocycles. The number of aromatic nitrogens is 4. The molecule has 0 radical (unpaired) electrons. The molecule has 0 bridgehead atoms. The van der Waals surface area contributed by atoms with Crippen LogP contribution in [-0.4, -0.2) is 20.0 Å². The molecular formula is C34H32FN7. The van der Waals surface area contributed by atoms with Gasteiger partial charge in [0.2, 0.25) is 0 Å². The minimum Gasteiger partial charge on any atom is -0.377 e. The van der Waals surface area contributed by atoms with Crippen molar-refractivity contribution >= 4 is 22.3 Å². The highest BCUT2D eigenvalue weighted by Crippen LogP contribution is 2.46. The topological polar surface area (TPSA) is 91.5 Å². The average molecular weight is 559 g/mol. The number of hydrogen-bond acceptors (Lipinski definition) is 6. The Morgan fingerprint density at radius 1 is 1.05 bits per heavy atom. The molecule has 210 valence electrons. The molecule has 42 heavy (non-hydrogen) atoms. The third kappa shape index (κ3) is 5.18.